The number of hydrogen-bond acceptors (Lipinski definition) is 4. The van der Waals surface area contributed by atoms with Gasteiger partial charge in [-0.15, -0.1) is 11.3 Å². The van der Waals surface area contributed by atoms with Gasteiger partial charge in [0.05, 0.1) is 0 Å². The van der Waals surface area contributed by atoms with Crippen LogP contribution in [0.2, 0.25) is 0 Å². The fourth-order valence-corrected chi connectivity index (χ4v) is 5.78. The molecule has 114 valence electrons. The number of hydrogen-bond donors (Lipinski definition) is 2. The minimum atomic E-state index is -3.41. The number of nitrogens with one attached hydrogen (secondary N) is 2. The van der Waals surface area contributed by atoms with E-state index < -0.39 is 10.0 Å². The average Bonchev–Trinajstić information content (AvgIpc) is 2.69. The monoisotopic (exact) mass is 316 g/mol. The molecule has 0 spiro atoms. The van der Waals surface area contributed by atoms with Crippen LogP contribution in [0.5, 0.6) is 0 Å². The first kappa shape index (κ1) is 15.9. The molecule has 1 fully saturated rings. The van der Waals surface area contributed by atoms with Crippen molar-refractivity contribution in [3.8, 4) is 0 Å². The summed E-state index contributed by atoms with van der Waals surface area (Å²) in [6.45, 7) is 7.49. The summed E-state index contributed by atoms with van der Waals surface area (Å²) in [6, 6.07) is 0. The van der Waals surface area contributed by atoms with Gasteiger partial charge in [-0.2, -0.15) is 0 Å². The molecule has 0 atom stereocenters. The van der Waals surface area contributed by atoms with Gasteiger partial charge in [-0.25, -0.2) is 13.1 Å². The molecule has 0 bridgehead atoms. The van der Waals surface area contributed by atoms with Crippen LogP contribution in [-0.4, -0.2) is 20.5 Å². The molecule has 4 nitrogen and oxygen atoms in total. The van der Waals surface area contributed by atoms with E-state index in [2.05, 4.69) is 17.0 Å². The molecule has 2 rings (SSSR count). The van der Waals surface area contributed by atoms with Crippen molar-refractivity contribution in [2.24, 2.45) is 0 Å². The van der Waals surface area contributed by atoms with Crippen LogP contribution in [0.25, 0.3) is 0 Å². The lowest BCUT2D eigenvalue weighted by atomic mass is 9.80. The molecule has 0 unspecified atom stereocenters. The second kappa shape index (κ2) is 6.13. The van der Waals surface area contributed by atoms with Crippen molar-refractivity contribution >= 4 is 21.4 Å². The predicted molar refractivity (Wildman–Crippen MR) is 83.6 cm³/mol. The molecule has 2 N–H and O–H groups in total. The van der Waals surface area contributed by atoms with Crippen molar-refractivity contribution < 1.29 is 8.42 Å². The molecule has 1 aliphatic carbocycles. The lowest BCUT2D eigenvalue weighted by Crippen LogP contribution is -2.50. The Hall–Kier alpha value is -0.430. The number of rotatable bonds is 7. The summed E-state index contributed by atoms with van der Waals surface area (Å²) in [7, 11) is -3.41. The number of sulfonamides is 1. The summed E-state index contributed by atoms with van der Waals surface area (Å²) >= 11 is 1.52. The van der Waals surface area contributed by atoms with Crippen LogP contribution in [0.3, 0.4) is 0 Å². The van der Waals surface area contributed by atoms with Gasteiger partial charge in [0.2, 0.25) is 10.0 Å². The third kappa shape index (κ3) is 3.42. The molecule has 1 saturated carbocycles. The molecule has 20 heavy (non-hydrogen) atoms. The van der Waals surface area contributed by atoms with Gasteiger partial charge in [0, 0.05) is 17.0 Å². The number of aryl methyl sites for hydroxylation is 1. The zero-order valence-electron chi connectivity index (χ0n) is 12.5. The first-order chi connectivity index (χ1) is 9.38. The summed E-state index contributed by atoms with van der Waals surface area (Å²) in [4.78, 5) is 1.39. The summed E-state index contributed by atoms with van der Waals surface area (Å²) in [5, 5.41) is 5.22. The Kier molecular flexibility index (Phi) is 4.89. The lowest BCUT2D eigenvalue weighted by Gasteiger charge is -2.38. The van der Waals surface area contributed by atoms with E-state index in [1.807, 2.05) is 19.2 Å². The predicted octanol–water partition coefficient (Wildman–Crippen LogP) is 2.78. The zero-order valence-corrected chi connectivity index (χ0v) is 14.1. The van der Waals surface area contributed by atoms with E-state index in [1.54, 1.807) is 0 Å². The van der Waals surface area contributed by atoms with E-state index in [1.165, 1.54) is 11.3 Å². The van der Waals surface area contributed by atoms with Crippen LogP contribution < -0.4 is 10.0 Å². The standard InChI is InChI=1S/C14H24N2O2S2/c1-4-8-15-9-12-13(11(2)10-19-12)20(17,18)16-14(3)6-5-7-14/h10,15-16H,4-9H2,1-3H3. The highest BCUT2D eigenvalue weighted by Gasteiger charge is 2.37. The Labute approximate surface area is 126 Å². The maximum atomic E-state index is 12.6. The average molecular weight is 316 g/mol. The highest BCUT2D eigenvalue weighted by molar-refractivity contribution is 7.89. The minimum absolute atomic E-state index is 0.249. The van der Waals surface area contributed by atoms with E-state index in [0.29, 0.717) is 11.4 Å². The fourth-order valence-electron chi connectivity index (χ4n) is 2.53. The molecule has 0 amide bonds. The largest absolute Gasteiger partial charge is 0.312 e. The highest BCUT2D eigenvalue weighted by Crippen LogP contribution is 2.34. The third-order valence-electron chi connectivity index (χ3n) is 3.81. The van der Waals surface area contributed by atoms with Crippen LogP contribution in [0.4, 0.5) is 0 Å². The molecule has 6 heteroatoms. The zero-order chi connectivity index (χ0) is 14.8. The quantitative estimate of drug-likeness (QED) is 0.761. The van der Waals surface area contributed by atoms with E-state index in [0.717, 1.165) is 42.7 Å². The van der Waals surface area contributed by atoms with Crippen molar-refractivity contribution in [3.63, 3.8) is 0 Å². The molecule has 0 aliphatic heterocycles. The molecular weight excluding hydrogens is 292 g/mol. The Morgan fingerprint density at radius 3 is 2.65 bits per heavy atom. The number of thiophene rings is 1. The van der Waals surface area contributed by atoms with E-state index >= 15 is 0 Å². The first-order valence-corrected chi connectivity index (χ1v) is 9.56. The minimum Gasteiger partial charge on any atom is -0.312 e. The maximum Gasteiger partial charge on any atom is 0.242 e. The van der Waals surface area contributed by atoms with Crippen LogP contribution in [0, 0.1) is 6.92 Å². The van der Waals surface area contributed by atoms with Gasteiger partial charge in [0.1, 0.15) is 4.90 Å². The molecule has 0 aromatic carbocycles. The summed E-state index contributed by atoms with van der Waals surface area (Å²) in [5.41, 5.74) is 0.597. The van der Waals surface area contributed by atoms with Crippen molar-refractivity contribution in [2.45, 2.75) is 63.4 Å². The van der Waals surface area contributed by atoms with E-state index in [-0.39, 0.29) is 5.54 Å². The van der Waals surface area contributed by atoms with Gasteiger partial charge < -0.3 is 5.32 Å². The Morgan fingerprint density at radius 2 is 2.10 bits per heavy atom. The van der Waals surface area contributed by atoms with Crippen molar-refractivity contribution in [1.82, 2.24) is 10.0 Å². The fraction of sp³-hybridized carbons (Fsp3) is 0.714. The first-order valence-electron chi connectivity index (χ1n) is 7.19. The molecule has 1 aromatic rings. The lowest BCUT2D eigenvalue weighted by molar-refractivity contribution is 0.248. The third-order valence-corrected chi connectivity index (χ3v) is 6.91. The van der Waals surface area contributed by atoms with Gasteiger partial charge in [-0.3, -0.25) is 0 Å². The molecule has 0 saturated heterocycles. The van der Waals surface area contributed by atoms with Crippen molar-refractivity contribution in [2.75, 3.05) is 6.54 Å². The van der Waals surface area contributed by atoms with Crippen LogP contribution in [0.15, 0.2) is 10.3 Å². The van der Waals surface area contributed by atoms with Gasteiger partial charge in [-0.05, 0) is 57.0 Å². The van der Waals surface area contributed by atoms with Gasteiger partial charge in [0.25, 0.3) is 0 Å². The maximum absolute atomic E-state index is 12.6. The van der Waals surface area contributed by atoms with Crippen molar-refractivity contribution in [3.05, 3.63) is 15.8 Å². The Bertz CT molecular complexity index is 560. The van der Waals surface area contributed by atoms with Gasteiger partial charge >= 0.3 is 0 Å². The molecule has 1 aliphatic rings. The van der Waals surface area contributed by atoms with Crippen LogP contribution in [0.1, 0.15) is 50.0 Å². The van der Waals surface area contributed by atoms with Crippen LogP contribution >= 0.6 is 11.3 Å². The van der Waals surface area contributed by atoms with E-state index in [4.69, 9.17) is 0 Å². The Morgan fingerprint density at radius 1 is 1.40 bits per heavy atom. The second-order valence-electron chi connectivity index (χ2n) is 5.87. The SMILES string of the molecule is CCCNCc1scc(C)c1S(=O)(=O)NC1(C)CCC1. The highest BCUT2D eigenvalue weighted by atomic mass is 32.2. The molecule has 1 aromatic heterocycles. The summed E-state index contributed by atoms with van der Waals surface area (Å²) < 4.78 is 28.2. The molecular formula is C14H24N2O2S2. The van der Waals surface area contributed by atoms with E-state index in [9.17, 15) is 8.42 Å². The summed E-state index contributed by atoms with van der Waals surface area (Å²) in [6.07, 6.45) is 4.01. The topological polar surface area (TPSA) is 58.2 Å². The summed E-state index contributed by atoms with van der Waals surface area (Å²) in [5.74, 6) is 0. The molecule has 1 heterocycles. The molecule has 0 radical (unpaired) electrons. The second-order valence-corrected chi connectivity index (χ2v) is 8.45. The normalized spacial score (nSPS) is 17.9. The van der Waals surface area contributed by atoms with Gasteiger partial charge in [0.15, 0.2) is 0 Å². The van der Waals surface area contributed by atoms with Crippen molar-refractivity contribution in [1.29, 1.82) is 0 Å². The Balaban J connectivity index is 2.19. The van der Waals surface area contributed by atoms with Gasteiger partial charge in [-0.1, -0.05) is 6.92 Å². The van der Waals surface area contributed by atoms with Crippen LogP contribution in [-0.2, 0) is 16.6 Å². The smallest absolute Gasteiger partial charge is 0.242 e.